The van der Waals surface area contributed by atoms with E-state index in [0.29, 0.717) is 28.2 Å². The summed E-state index contributed by atoms with van der Waals surface area (Å²) in [5, 5.41) is 0.543. The van der Waals surface area contributed by atoms with Gasteiger partial charge in [0.2, 0.25) is 5.88 Å². The van der Waals surface area contributed by atoms with E-state index in [1.54, 1.807) is 18.3 Å². The van der Waals surface area contributed by atoms with Crippen molar-refractivity contribution in [1.82, 2.24) is 15.0 Å². The third-order valence-electron chi connectivity index (χ3n) is 3.12. The lowest BCUT2D eigenvalue weighted by atomic mass is 10.2. The Morgan fingerprint density at radius 3 is 2.55 bits per heavy atom. The van der Waals surface area contributed by atoms with Crippen LogP contribution < -0.4 is 4.74 Å². The third kappa shape index (κ3) is 3.07. The van der Waals surface area contributed by atoms with Gasteiger partial charge in [-0.15, -0.1) is 0 Å². The largest absolute Gasteiger partial charge is 0.437 e. The highest BCUT2D eigenvalue weighted by Crippen LogP contribution is 2.30. The lowest BCUT2D eigenvalue weighted by molar-refractivity contribution is 0.459. The molecule has 0 saturated carbocycles. The Morgan fingerprint density at radius 1 is 0.955 bits per heavy atom. The SMILES string of the molecule is Cc1ccnc(-c2ccc(C)c(Oc3ccccc3Cl)n2)n1. The van der Waals surface area contributed by atoms with E-state index in [1.807, 2.05) is 44.2 Å². The highest BCUT2D eigenvalue weighted by molar-refractivity contribution is 6.32. The first kappa shape index (κ1) is 14.5. The van der Waals surface area contributed by atoms with Crippen LogP contribution in [0.25, 0.3) is 11.5 Å². The molecule has 0 unspecified atom stereocenters. The van der Waals surface area contributed by atoms with E-state index in [0.717, 1.165) is 11.3 Å². The second-order valence-electron chi connectivity index (χ2n) is 4.87. The van der Waals surface area contributed by atoms with Crippen LogP contribution in [-0.2, 0) is 0 Å². The summed E-state index contributed by atoms with van der Waals surface area (Å²) in [6.07, 6.45) is 1.72. The van der Waals surface area contributed by atoms with Gasteiger partial charge in [0.05, 0.1) is 5.02 Å². The molecule has 4 nitrogen and oxygen atoms in total. The van der Waals surface area contributed by atoms with Gasteiger partial charge in [0.15, 0.2) is 5.82 Å². The van der Waals surface area contributed by atoms with Gasteiger partial charge in [-0.25, -0.2) is 15.0 Å². The van der Waals surface area contributed by atoms with Crippen molar-refractivity contribution in [3.63, 3.8) is 0 Å². The van der Waals surface area contributed by atoms with E-state index in [-0.39, 0.29) is 0 Å². The van der Waals surface area contributed by atoms with Crippen LogP contribution >= 0.6 is 11.6 Å². The molecule has 0 N–H and O–H groups in total. The minimum Gasteiger partial charge on any atom is -0.437 e. The van der Waals surface area contributed by atoms with Crippen molar-refractivity contribution in [3.05, 3.63) is 64.9 Å². The molecular formula is C17H14ClN3O. The first-order valence-corrected chi connectivity index (χ1v) is 7.21. The molecule has 0 fully saturated rings. The Hall–Kier alpha value is -2.46. The summed E-state index contributed by atoms with van der Waals surface area (Å²) in [5.41, 5.74) is 2.47. The number of rotatable bonds is 3. The molecule has 0 atom stereocenters. The summed E-state index contributed by atoms with van der Waals surface area (Å²) in [5.74, 6) is 1.64. The molecule has 0 bridgehead atoms. The van der Waals surface area contributed by atoms with Gasteiger partial charge in [0.1, 0.15) is 11.4 Å². The number of aromatic nitrogens is 3. The maximum Gasteiger partial charge on any atom is 0.222 e. The molecule has 0 aliphatic rings. The topological polar surface area (TPSA) is 47.9 Å². The number of benzene rings is 1. The first-order valence-electron chi connectivity index (χ1n) is 6.83. The highest BCUT2D eigenvalue weighted by Gasteiger charge is 2.10. The quantitative estimate of drug-likeness (QED) is 0.709. The molecule has 0 aliphatic heterocycles. The van der Waals surface area contributed by atoms with Crippen LogP contribution in [0.4, 0.5) is 0 Å². The second-order valence-corrected chi connectivity index (χ2v) is 5.28. The van der Waals surface area contributed by atoms with Gasteiger partial charge < -0.3 is 4.74 Å². The van der Waals surface area contributed by atoms with Crippen molar-refractivity contribution < 1.29 is 4.74 Å². The zero-order valence-corrected chi connectivity index (χ0v) is 13.0. The number of pyridine rings is 1. The number of ether oxygens (including phenoxy) is 1. The maximum absolute atomic E-state index is 6.13. The predicted octanol–water partition coefficient (Wildman–Crippen LogP) is 4.60. The van der Waals surface area contributed by atoms with E-state index in [4.69, 9.17) is 16.3 Å². The van der Waals surface area contributed by atoms with Gasteiger partial charge in [-0.2, -0.15) is 0 Å². The molecular weight excluding hydrogens is 298 g/mol. The lowest BCUT2D eigenvalue weighted by Gasteiger charge is -2.10. The standard InChI is InChI=1S/C17H14ClN3O/c1-11-7-8-14(16-19-10-9-12(2)20-16)21-17(11)22-15-6-4-3-5-13(15)18/h3-10H,1-2H3. The van der Waals surface area contributed by atoms with Crippen LogP contribution in [0.5, 0.6) is 11.6 Å². The lowest BCUT2D eigenvalue weighted by Crippen LogP contribution is -1.97. The summed E-state index contributed by atoms with van der Waals surface area (Å²) in [6, 6.07) is 13.0. The molecule has 2 aromatic heterocycles. The molecule has 1 aromatic carbocycles. The van der Waals surface area contributed by atoms with Crippen molar-refractivity contribution in [1.29, 1.82) is 0 Å². The van der Waals surface area contributed by atoms with Crippen LogP contribution in [0.15, 0.2) is 48.7 Å². The first-order chi connectivity index (χ1) is 10.6. The third-order valence-corrected chi connectivity index (χ3v) is 3.43. The molecule has 0 spiro atoms. The summed E-state index contributed by atoms with van der Waals surface area (Å²) in [7, 11) is 0. The fourth-order valence-corrected chi connectivity index (χ4v) is 2.12. The zero-order valence-electron chi connectivity index (χ0n) is 12.2. The van der Waals surface area contributed by atoms with Crippen LogP contribution in [0.3, 0.4) is 0 Å². The molecule has 110 valence electrons. The van der Waals surface area contributed by atoms with E-state index >= 15 is 0 Å². The van der Waals surface area contributed by atoms with E-state index < -0.39 is 0 Å². The molecule has 3 rings (SSSR count). The van der Waals surface area contributed by atoms with Crippen LogP contribution in [0.1, 0.15) is 11.3 Å². The van der Waals surface area contributed by atoms with Crippen molar-refractivity contribution in [2.45, 2.75) is 13.8 Å². The van der Waals surface area contributed by atoms with Gasteiger partial charge in [-0.3, -0.25) is 0 Å². The number of nitrogens with zero attached hydrogens (tertiary/aromatic N) is 3. The van der Waals surface area contributed by atoms with Gasteiger partial charge in [0.25, 0.3) is 0 Å². The number of halogens is 1. The number of hydrogen-bond acceptors (Lipinski definition) is 4. The van der Waals surface area contributed by atoms with Gasteiger partial charge >= 0.3 is 0 Å². The second kappa shape index (κ2) is 6.12. The minimum atomic E-state index is 0.496. The monoisotopic (exact) mass is 311 g/mol. The Labute approximate surface area is 133 Å². The summed E-state index contributed by atoms with van der Waals surface area (Å²) < 4.78 is 5.83. The Balaban J connectivity index is 1.99. The molecule has 2 heterocycles. The smallest absolute Gasteiger partial charge is 0.222 e. The van der Waals surface area contributed by atoms with Gasteiger partial charge in [-0.1, -0.05) is 29.8 Å². The van der Waals surface area contributed by atoms with Crippen LogP contribution in [-0.4, -0.2) is 15.0 Å². The van der Waals surface area contributed by atoms with Crippen molar-refractivity contribution >= 4 is 11.6 Å². The number of para-hydroxylation sites is 1. The van der Waals surface area contributed by atoms with Crippen molar-refractivity contribution in [2.24, 2.45) is 0 Å². The fourth-order valence-electron chi connectivity index (χ4n) is 1.94. The van der Waals surface area contributed by atoms with Crippen LogP contribution in [0.2, 0.25) is 5.02 Å². The van der Waals surface area contributed by atoms with Gasteiger partial charge in [0, 0.05) is 17.5 Å². The van der Waals surface area contributed by atoms with E-state index in [9.17, 15) is 0 Å². The Bertz CT molecular complexity index is 821. The average Bonchev–Trinajstić information content (AvgIpc) is 2.51. The Kier molecular flexibility index (Phi) is 4.02. The molecule has 0 saturated heterocycles. The maximum atomic E-state index is 6.13. The summed E-state index contributed by atoms with van der Waals surface area (Å²) in [4.78, 5) is 13.1. The number of aryl methyl sites for hydroxylation is 2. The molecule has 0 aliphatic carbocycles. The molecule has 5 heteroatoms. The molecule has 0 amide bonds. The van der Waals surface area contributed by atoms with Crippen LogP contribution in [0, 0.1) is 13.8 Å². The minimum absolute atomic E-state index is 0.496. The molecule has 22 heavy (non-hydrogen) atoms. The van der Waals surface area contributed by atoms with E-state index in [1.165, 1.54) is 0 Å². The average molecular weight is 312 g/mol. The summed E-state index contributed by atoms with van der Waals surface area (Å²) >= 11 is 6.13. The summed E-state index contributed by atoms with van der Waals surface area (Å²) in [6.45, 7) is 3.85. The Morgan fingerprint density at radius 2 is 1.77 bits per heavy atom. The highest BCUT2D eigenvalue weighted by atomic mass is 35.5. The zero-order chi connectivity index (χ0) is 15.5. The molecule has 0 radical (unpaired) electrons. The molecule has 3 aromatic rings. The van der Waals surface area contributed by atoms with Crippen molar-refractivity contribution in [3.8, 4) is 23.1 Å². The number of hydrogen-bond donors (Lipinski definition) is 0. The predicted molar refractivity (Wildman–Crippen MR) is 86.3 cm³/mol. The van der Waals surface area contributed by atoms with Gasteiger partial charge in [-0.05, 0) is 38.1 Å². The normalized spacial score (nSPS) is 10.5. The van der Waals surface area contributed by atoms with E-state index in [2.05, 4.69) is 15.0 Å². The fraction of sp³-hybridized carbons (Fsp3) is 0.118. The van der Waals surface area contributed by atoms with Crippen molar-refractivity contribution in [2.75, 3.05) is 0 Å².